The number of sulfonamides is 1. The zero-order chi connectivity index (χ0) is 13.9. The third-order valence-corrected chi connectivity index (χ3v) is 4.00. The second kappa shape index (κ2) is 5.64. The Hall–Kier alpha value is -1.18. The summed E-state index contributed by atoms with van der Waals surface area (Å²) < 4.78 is 39.4. The van der Waals surface area contributed by atoms with Gasteiger partial charge in [0, 0.05) is 24.4 Å². The molecule has 0 radical (unpaired) electrons. The van der Waals surface area contributed by atoms with Crippen molar-refractivity contribution in [2.24, 2.45) is 5.92 Å². The second-order valence-electron chi connectivity index (χ2n) is 4.26. The molecule has 0 spiro atoms. The average Bonchev–Trinajstić information content (AvgIpc) is 2.32. The van der Waals surface area contributed by atoms with Gasteiger partial charge in [0.25, 0.3) is 0 Å². The largest absolute Gasteiger partial charge is 0.398 e. The molecule has 1 aromatic rings. The third kappa shape index (κ3) is 3.41. The predicted octanol–water partition coefficient (Wildman–Crippen LogP) is 0.623. The van der Waals surface area contributed by atoms with Crippen LogP contribution in [0.15, 0.2) is 17.0 Å². The maximum absolute atomic E-state index is 13.4. The van der Waals surface area contributed by atoms with E-state index in [9.17, 15) is 12.8 Å². The predicted molar refractivity (Wildman–Crippen MR) is 67.0 cm³/mol. The van der Waals surface area contributed by atoms with Gasteiger partial charge >= 0.3 is 0 Å². The zero-order valence-electron chi connectivity index (χ0n) is 10.3. The number of anilines is 1. The van der Waals surface area contributed by atoms with Crippen LogP contribution in [0.3, 0.4) is 0 Å². The van der Waals surface area contributed by atoms with E-state index in [4.69, 9.17) is 10.8 Å². The number of hydrogen-bond acceptors (Lipinski definition) is 4. The maximum Gasteiger partial charge on any atom is 0.240 e. The first-order valence-corrected chi connectivity index (χ1v) is 6.92. The van der Waals surface area contributed by atoms with Crippen LogP contribution in [0.1, 0.15) is 12.5 Å². The summed E-state index contributed by atoms with van der Waals surface area (Å²) in [5.41, 5.74) is 5.84. The van der Waals surface area contributed by atoms with Crippen molar-refractivity contribution in [3.05, 3.63) is 23.5 Å². The normalized spacial score (nSPS) is 13.6. The van der Waals surface area contributed by atoms with Crippen LogP contribution in [0.25, 0.3) is 0 Å². The fraction of sp³-hybridized carbons (Fsp3) is 0.455. The van der Waals surface area contributed by atoms with E-state index < -0.39 is 15.8 Å². The first-order valence-electron chi connectivity index (χ1n) is 5.44. The summed E-state index contributed by atoms with van der Waals surface area (Å²) in [7, 11) is -3.81. The summed E-state index contributed by atoms with van der Waals surface area (Å²) in [4.78, 5) is -0.215. The van der Waals surface area contributed by atoms with Crippen molar-refractivity contribution in [1.82, 2.24) is 4.72 Å². The van der Waals surface area contributed by atoms with Crippen LogP contribution in [0, 0.1) is 18.7 Å². The fourth-order valence-electron chi connectivity index (χ4n) is 1.23. The molecule has 0 fully saturated rings. The number of nitrogens with two attached hydrogens (primary N) is 1. The molecule has 5 nitrogen and oxygen atoms in total. The Labute approximate surface area is 106 Å². The van der Waals surface area contributed by atoms with E-state index in [-0.39, 0.29) is 35.2 Å². The summed E-state index contributed by atoms with van der Waals surface area (Å²) >= 11 is 0. The van der Waals surface area contributed by atoms with Crippen molar-refractivity contribution < 1.29 is 17.9 Å². The van der Waals surface area contributed by atoms with E-state index in [2.05, 4.69) is 4.72 Å². The Morgan fingerprint density at radius 2 is 2.11 bits per heavy atom. The summed E-state index contributed by atoms with van der Waals surface area (Å²) in [5, 5.41) is 8.81. The van der Waals surface area contributed by atoms with Crippen LogP contribution >= 0.6 is 0 Å². The Balaban J connectivity index is 2.99. The molecule has 0 saturated heterocycles. The van der Waals surface area contributed by atoms with Crippen molar-refractivity contribution >= 4 is 15.7 Å². The molecule has 102 valence electrons. The summed E-state index contributed by atoms with van der Waals surface area (Å²) in [6, 6.07) is 2.14. The number of hydrogen-bond donors (Lipinski definition) is 3. The van der Waals surface area contributed by atoms with Gasteiger partial charge in [-0.2, -0.15) is 0 Å². The first-order chi connectivity index (χ1) is 8.27. The molecule has 1 unspecified atom stereocenters. The molecule has 1 aromatic carbocycles. The number of aliphatic hydroxyl groups excluding tert-OH is 1. The lowest BCUT2D eigenvalue weighted by Gasteiger charge is -2.12. The molecule has 4 N–H and O–H groups in total. The van der Waals surface area contributed by atoms with Crippen molar-refractivity contribution in [2.45, 2.75) is 18.7 Å². The lowest BCUT2D eigenvalue weighted by Crippen LogP contribution is -2.29. The second-order valence-corrected chi connectivity index (χ2v) is 6.03. The summed E-state index contributed by atoms with van der Waals surface area (Å²) in [6.07, 6.45) is 0. The molecule has 1 atom stereocenters. The molecule has 7 heteroatoms. The highest BCUT2D eigenvalue weighted by Crippen LogP contribution is 2.20. The molecular formula is C11H17FN2O3S. The van der Waals surface area contributed by atoms with Crippen molar-refractivity contribution in [2.75, 3.05) is 18.9 Å². The molecule has 0 bridgehead atoms. The minimum Gasteiger partial charge on any atom is -0.398 e. The van der Waals surface area contributed by atoms with Gasteiger partial charge in [-0.25, -0.2) is 17.5 Å². The number of rotatable bonds is 5. The fourth-order valence-corrected chi connectivity index (χ4v) is 2.44. The number of nitrogens with one attached hydrogen (secondary N) is 1. The number of nitrogen functional groups attached to an aromatic ring is 1. The highest BCUT2D eigenvalue weighted by Gasteiger charge is 2.18. The summed E-state index contributed by atoms with van der Waals surface area (Å²) in [6.45, 7) is 3.11. The molecule has 0 aliphatic rings. The molecule has 0 saturated carbocycles. The van der Waals surface area contributed by atoms with Gasteiger partial charge < -0.3 is 10.8 Å². The average molecular weight is 276 g/mol. The SMILES string of the molecule is Cc1c(N)cc(S(=O)(=O)NCC(C)CO)cc1F. The third-order valence-electron chi connectivity index (χ3n) is 2.60. The van der Waals surface area contributed by atoms with E-state index in [1.54, 1.807) is 6.92 Å². The number of benzene rings is 1. The lowest BCUT2D eigenvalue weighted by atomic mass is 10.2. The van der Waals surface area contributed by atoms with Gasteiger partial charge in [0.2, 0.25) is 10.0 Å². The van der Waals surface area contributed by atoms with Crippen LogP contribution < -0.4 is 10.5 Å². The summed E-state index contributed by atoms with van der Waals surface area (Å²) in [5.74, 6) is -0.877. The molecule has 1 rings (SSSR count). The van der Waals surface area contributed by atoms with E-state index in [1.807, 2.05) is 0 Å². The zero-order valence-corrected chi connectivity index (χ0v) is 11.1. The smallest absolute Gasteiger partial charge is 0.240 e. The molecule has 0 aromatic heterocycles. The molecule has 18 heavy (non-hydrogen) atoms. The van der Waals surface area contributed by atoms with Crippen molar-refractivity contribution in [3.8, 4) is 0 Å². The van der Waals surface area contributed by atoms with E-state index in [1.165, 1.54) is 13.0 Å². The van der Waals surface area contributed by atoms with Crippen LogP contribution in [-0.4, -0.2) is 26.7 Å². The molecule has 0 aliphatic carbocycles. The van der Waals surface area contributed by atoms with Gasteiger partial charge in [0.1, 0.15) is 5.82 Å². The quantitative estimate of drug-likeness (QED) is 0.687. The van der Waals surface area contributed by atoms with Crippen LogP contribution in [0.5, 0.6) is 0 Å². The highest BCUT2D eigenvalue weighted by atomic mass is 32.2. The van der Waals surface area contributed by atoms with Crippen molar-refractivity contribution in [3.63, 3.8) is 0 Å². The molecule has 0 heterocycles. The van der Waals surface area contributed by atoms with Crippen LogP contribution in [0.2, 0.25) is 0 Å². The Kier molecular flexibility index (Phi) is 4.66. The highest BCUT2D eigenvalue weighted by molar-refractivity contribution is 7.89. The first kappa shape index (κ1) is 14.9. The monoisotopic (exact) mass is 276 g/mol. The van der Waals surface area contributed by atoms with E-state index in [0.717, 1.165) is 6.07 Å². The molecular weight excluding hydrogens is 259 g/mol. The van der Waals surface area contributed by atoms with Gasteiger partial charge in [-0.15, -0.1) is 0 Å². The Morgan fingerprint density at radius 1 is 1.50 bits per heavy atom. The van der Waals surface area contributed by atoms with Gasteiger partial charge in [0.15, 0.2) is 0 Å². The van der Waals surface area contributed by atoms with Gasteiger partial charge in [-0.05, 0) is 25.0 Å². The Bertz CT molecular complexity index is 508. The van der Waals surface area contributed by atoms with Crippen molar-refractivity contribution in [1.29, 1.82) is 0 Å². The minimum atomic E-state index is -3.81. The standard InChI is InChI=1S/C11H17FN2O3S/c1-7(6-15)5-14-18(16,17)9-3-10(12)8(2)11(13)4-9/h3-4,7,14-15H,5-6,13H2,1-2H3. The Morgan fingerprint density at radius 3 is 2.61 bits per heavy atom. The molecule has 0 aliphatic heterocycles. The lowest BCUT2D eigenvalue weighted by molar-refractivity contribution is 0.238. The van der Waals surface area contributed by atoms with Gasteiger partial charge in [0.05, 0.1) is 4.90 Å². The minimum absolute atomic E-state index is 0.0776. The van der Waals surface area contributed by atoms with Crippen LogP contribution in [-0.2, 0) is 10.0 Å². The van der Waals surface area contributed by atoms with E-state index >= 15 is 0 Å². The van der Waals surface area contributed by atoms with Gasteiger partial charge in [-0.1, -0.05) is 6.92 Å². The van der Waals surface area contributed by atoms with E-state index in [0.29, 0.717) is 0 Å². The van der Waals surface area contributed by atoms with Crippen LogP contribution in [0.4, 0.5) is 10.1 Å². The molecule has 0 amide bonds. The number of aliphatic hydroxyl groups is 1. The maximum atomic E-state index is 13.4. The van der Waals surface area contributed by atoms with Gasteiger partial charge in [-0.3, -0.25) is 0 Å². The topological polar surface area (TPSA) is 92.4 Å². The number of halogens is 1.